The van der Waals surface area contributed by atoms with E-state index in [1.807, 2.05) is 0 Å². The molecule has 0 aliphatic carbocycles. The highest BCUT2D eigenvalue weighted by molar-refractivity contribution is 5.50. The Hall–Kier alpha value is -2.65. The van der Waals surface area contributed by atoms with Crippen molar-refractivity contribution in [2.24, 2.45) is 5.84 Å². The Balaban J connectivity index is 2.38. The standard InChI is InChI=1S/C12H11N5O/c1-8-11(17-14)15-7-16-12(8)18-10-5-3-2-4-9(10)6-13/h2-5,7H,14H2,1H3,(H,15,16,17). The van der Waals surface area contributed by atoms with E-state index in [4.69, 9.17) is 15.8 Å². The first-order valence-corrected chi connectivity index (χ1v) is 5.21. The number of ether oxygens (including phenoxy) is 1. The number of nitrogen functional groups attached to an aromatic ring is 1. The van der Waals surface area contributed by atoms with Crippen molar-refractivity contribution in [2.75, 3.05) is 5.43 Å². The zero-order valence-electron chi connectivity index (χ0n) is 9.71. The first-order chi connectivity index (χ1) is 8.76. The van der Waals surface area contributed by atoms with Gasteiger partial charge in [0.15, 0.2) is 0 Å². The smallest absolute Gasteiger partial charge is 0.227 e. The second kappa shape index (κ2) is 5.12. The summed E-state index contributed by atoms with van der Waals surface area (Å²) in [5, 5.41) is 8.97. The topological polar surface area (TPSA) is 96.8 Å². The van der Waals surface area contributed by atoms with Gasteiger partial charge in [-0.25, -0.2) is 15.8 Å². The number of aromatic nitrogens is 2. The Morgan fingerprint density at radius 1 is 1.33 bits per heavy atom. The number of nitrogens with one attached hydrogen (secondary N) is 1. The molecule has 1 heterocycles. The van der Waals surface area contributed by atoms with E-state index >= 15 is 0 Å². The van der Waals surface area contributed by atoms with Gasteiger partial charge in [-0.2, -0.15) is 5.26 Å². The highest BCUT2D eigenvalue weighted by Gasteiger charge is 2.10. The third-order valence-electron chi connectivity index (χ3n) is 2.39. The molecule has 1 aromatic carbocycles. The summed E-state index contributed by atoms with van der Waals surface area (Å²) < 4.78 is 5.60. The number of hydrazine groups is 1. The molecule has 0 spiro atoms. The molecule has 18 heavy (non-hydrogen) atoms. The SMILES string of the molecule is Cc1c(NN)ncnc1Oc1ccccc1C#N. The summed E-state index contributed by atoms with van der Waals surface area (Å²) in [7, 11) is 0. The van der Waals surface area contributed by atoms with Crippen LogP contribution in [0.15, 0.2) is 30.6 Å². The van der Waals surface area contributed by atoms with Gasteiger partial charge in [-0.05, 0) is 19.1 Å². The van der Waals surface area contributed by atoms with Crippen LogP contribution in [0.2, 0.25) is 0 Å². The van der Waals surface area contributed by atoms with Crippen molar-refractivity contribution in [3.05, 3.63) is 41.7 Å². The lowest BCUT2D eigenvalue weighted by atomic mass is 10.2. The first kappa shape index (κ1) is 11.8. The average Bonchev–Trinajstić information content (AvgIpc) is 2.42. The number of benzene rings is 1. The van der Waals surface area contributed by atoms with Crippen LogP contribution in [0, 0.1) is 18.3 Å². The van der Waals surface area contributed by atoms with E-state index in [9.17, 15) is 0 Å². The van der Waals surface area contributed by atoms with Crippen molar-refractivity contribution in [3.63, 3.8) is 0 Å². The third-order valence-corrected chi connectivity index (χ3v) is 2.39. The monoisotopic (exact) mass is 241 g/mol. The van der Waals surface area contributed by atoms with Crippen LogP contribution in [-0.2, 0) is 0 Å². The molecule has 0 aliphatic rings. The number of nitrogens with zero attached hydrogens (tertiary/aromatic N) is 3. The Morgan fingerprint density at radius 2 is 2.11 bits per heavy atom. The van der Waals surface area contributed by atoms with Crippen molar-refractivity contribution >= 4 is 5.82 Å². The Morgan fingerprint density at radius 3 is 2.83 bits per heavy atom. The van der Waals surface area contributed by atoms with Crippen LogP contribution >= 0.6 is 0 Å². The van der Waals surface area contributed by atoms with Crippen molar-refractivity contribution in [1.29, 1.82) is 5.26 Å². The van der Waals surface area contributed by atoms with E-state index in [1.165, 1.54) is 6.33 Å². The van der Waals surface area contributed by atoms with Crippen LogP contribution in [0.4, 0.5) is 5.82 Å². The largest absolute Gasteiger partial charge is 0.437 e. The van der Waals surface area contributed by atoms with Gasteiger partial charge in [0.05, 0.1) is 11.1 Å². The van der Waals surface area contributed by atoms with Crippen LogP contribution in [0.5, 0.6) is 11.6 Å². The number of anilines is 1. The minimum Gasteiger partial charge on any atom is -0.437 e. The van der Waals surface area contributed by atoms with E-state index < -0.39 is 0 Å². The molecule has 0 unspecified atom stereocenters. The fraction of sp³-hybridized carbons (Fsp3) is 0.0833. The molecule has 90 valence electrons. The lowest BCUT2D eigenvalue weighted by Gasteiger charge is -2.10. The summed E-state index contributed by atoms with van der Waals surface area (Å²) in [6.07, 6.45) is 1.34. The summed E-state index contributed by atoms with van der Waals surface area (Å²) in [5.41, 5.74) is 3.57. The molecule has 3 N–H and O–H groups in total. The Bertz CT molecular complexity index is 606. The molecule has 2 rings (SSSR count). The molecule has 0 bridgehead atoms. The van der Waals surface area contributed by atoms with Crippen molar-refractivity contribution in [1.82, 2.24) is 9.97 Å². The van der Waals surface area contributed by atoms with Crippen LogP contribution in [-0.4, -0.2) is 9.97 Å². The number of hydrogen-bond donors (Lipinski definition) is 2. The van der Waals surface area contributed by atoms with E-state index in [-0.39, 0.29) is 0 Å². The van der Waals surface area contributed by atoms with Gasteiger partial charge in [0.2, 0.25) is 5.88 Å². The first-order valence-electron chi connectivity index (χ1n) is 5.21. The third kappa shape index (κ3) is 2.21. The second-order valence-electron chi connectivity index (χ2n) is 3.51. The zero-order chi connectivity index (χ0) is 13.0. The van der Waals surface area contributed by atoms with E-state index in [2.05, 4.69) is 21.5 Å². The van der Waals surface area contributed by atoms with Gasteiger partial charge in [-0.15, -0.1) is 0 Å². The number of nitriles is 1. The lowest BCUT2D eigenvalue weighted by Crippen LogP contribution is -2.11. The molecule has 6 nitrogen and oxygen atoms in total. The van der Waals surface area contributed by atoms with Gasteiger partial charge in [0.25, 0.3) is 0 Å². The molecule has 1 aromatic heterocycles. The fourth-order valence-corrected chi connectivity index (χ4v) is 1.43. The summed E-state index contributed by atoms with van der Waals surface area (Å²) in [6, 6.07) is 8.99. The fourth-order valence-electron chi connectivity index (χ4n) is 1.43. The molecule has 0 fully saturated rings. The second-order valence-corrected chi connectivity index (χ2v) is 3.51. The molecule has 0 aliphatic heterocycles. The maximum absolute atomic E-state index is 8.97. The predicted molar refractivity (Wildman–Crippen MR) is 65.8 cm³/mol. The van der Waals surface area contributed by atoms with Gasteiger partial charge in [-0.1, -0.05) is 12.1 Å². The number of rotatable bonds is 3. The van der Waals surface area contributed by atoms with E-state index in [0.29, 0.717) is 28.6 Å². The minimum atomic E-state index is 0.362. The summed E-state index contributed by atoms with van der Waals surface area (Å²) >= 11 is 0. The van der Waals surface area contributed by atoms with Crippen LogP contribution < -0.4 is 16.0 Å². The quantitative estimate of drug-likeness (QED) is 0.627. The van der Waals surface area contributed by atoms with Crippen LogP contribution in [0.3, 0.4) is 0 Å². The lowest BCUT2D eigenvalue weighted by molar-refractivity contribution is 0.456. The molecular formula is C12H11N5O. The average molecular weight is 241 g/mol. The molecule has 0 saturated heterocycles. The van der Waals surface area contributed by atoms with E-state index in [0.717, 1.165) is 0 Å². The zero-order valence-corrected chi connectivity index (χ0v) is 9.71. The summed E-state index contributed by atoms with van der Waals surface area (Å²) in [6.45, 7) is 1.78. The van der Waals surface area contributed by atoms with Gasteiger partial charge in [0, 0.05) is 0 Å². The maximum atomic E-state index is 8.97. The Kier molecular flexibility index (Phi) is 3.36. The Labute approximate surface area is 104 Å². The predicted octanol–water partition coefficient (Wildman–Crippen LogP) is 1.73. The molecule has 6 heteroatoms. The molecule has 2 aromatic rings. The summed E-state index contributed by atoms with van der Waals surface area (Å²) in [4.78, 5) is 7.97. The van der Waals surface area contributed by atoms with Gasteiger partial charge in [0.1, 0.15) is 24.0 Å². The molecular weight excluding hydrogens is 230 g/mol. The maximum Gasteiger partial charge on any atom is 0.227 e. The van der Waals surface area contributed by atoms with Gasteiger partial charge < -0.3 is 10.2 Å². The summed E-state index contributed by atoms with van der Waals surface area (Å²) in [5.74, 6) is 6.61. The number of para-hydroxylation sites is 1. The van der Waals surface area contributed by atoms with Crippen LogP contribution in [0.1, 0.15) is 11.1 Å². The molecule has 0 amide bonds. The molecule has 0 saturated carbocycles. The normalized spacial score (nSPS) is 9.61. The minimum absolute atomic E-state index is 0.362. The van der Waals surface area contributed by atoms with Crippen molar-refractivity contribution < 1.29 is 4.74 Å². The highest BCUT2D eigenvalue weighted by atomic mass is 16.5. The van der Waals surface area contributed by atoms with Crippen molar-refractivity contribution in [2.45, 2.75) is 6.92 Å². The molecule has 0 atom stereocenters. The number of nitrogens with two attached hydrogens (primary N) is 1. The number of hydrogen-bond acceptors (Lipinski definition) is 6. The van der Waals surface area contributed by atoms with Gasteiger partial charge in [-0.3, -0.25) is 0 Å². The van der Waals surface area contributed by atoms with E-state index in [1.54, 1.807) is 31.2 Å². The molecule has 0 radical (unpaired) electrons. The van der Waals surface area contributed by atoms with Crippen LogP contribution in [0.25, 0.3) is 0 Å². The highest BCUT2D eigenvalue weighted by Crippen LogP contribution is 2.27. The van der Waals surface area contributed by atoms with Crippen molar-refractivity contribution in [3.8, 4) is 17.7 Å². The van der Waals surface area contributed by atoms with Gasteiger partial charge >= 0.3 is 0 Å².